The van der Waals surface area contributed by atoms with Gasteiger partial charge < -0.3 is 9.80 Å². The molecule has 0 unspecified atom stereocenters. The van der Waals surface area contributed by atoms with Crippen molar-refractivity contribution in [2.45, 2.75) is 123 Å². The van der Waals surface area contributed by atoms with Gasteiger partial charge in [-0.1, -0.05) is 173 Å². The van der Waals surface area contributed by atoms with Gasteiger partial charge in [0.25, 0.3) is 6.71 Å². The van der Waals surface area contributed by atoms with Crippen LogP contribution in [0, 0.1) is 6.92 Å². The Kier molecular flexibility index (Phi) is 8.71. The van der Waals surface area contributed by atoms with Crippen LogP contribution in [0.5, 0.6) is 0 Å². The molecule has 320 valence electrons. The highest BCUT2D eigenvalue weighted by Gasteiger charge is 2.49. The summed E-state index contributed by atoms with van der Waals surface area (Å²) in [6.07, 6.45) is 2.26. The first-order valence-corrected chi connectivity index (χ1v) is 23.7. The van der Waals surface area contributed by atoms with Crippen molar-refractivity contribution in [2.24, 2.45) is 0 Å². The van der Waals surface area contributed by atoms with Crippen LogP contribution in [0.3, 0.4) is 0 Å². The van der Waals surface area contributed by atoms with Crippen molar-refractivity contribution in [1.29, 1.82) is 0 Å². The fourth-order valence-corrected chi connectivity index (χ4v) is 13.0. The number of aryl methyl sites for hydroxylation is 1. The Balaban J connectivity index is 1.27. The van der Waals surface area contributed by atoms with Gasteiger partial charge in [-0.2, -0.15) is 0 Å². The van der Waals surface area contributed by atoms with Crippen LogP contribution in [0.1, 0.15) is 122 Å². The van der Waals surface area contributed by atoms with Gasteiger partial charge in [-0.3, -0.25) is 0 Å². The lowest BCUT2D eigenvalue weighted by Crippen LogP contribution is -2.61. The number of rotatable bonds is 4. The quantitative estimate of drug-likeness (QED) is 0.163. The molecule has 2 aliphatic heterocycles. The van der Waals surface area contributed by atoms with Crippen molar-refractivity contribution in [1.82, 2.24) is 0 Å². The maximum Gasteiger partial charge on any atom is 0.252 e. The Hall–Kier alpha value is -5.80. The van der Waals surface area contributed by atoms with Crippen molar-refractivity contribution in [3.8, 4) is 22.3 Å². The van der Waals surface area contributed by atoms with Crippen LogP contribution in [0.15, 0.2) is 140 Å². The van der Waals surface area contributed by atoms with Crippen LogP contribution in [-0.4, -0.2) is 6.71 Å². The number of hydrogen-bond acceptors (Lipinski definition) is 2. The molecule has 0 amide bonds. The van der Waals surface area contributed by atoms with E-state index in [1.807, 2.05) is 0 Å². The summed E-state index contributed by atoms with van der Waals surface area (Å²) in [5, 5.41) is 0. The molecule has 0 N–H and O–H groups in total. The van der Waals surface area contributed by atoms with E-state index < -0.39 is 0 Å². The first kappa shape index (κ1) is 40.9. The van der Waals surface area contributed by atoms with E-state index in [1.165, 1.54) is 106 Å². The summed E-state index contributed by atoms with van der Waals surface area (Å²) in [6, 6.07) is 54.1. The summed E-state index contributed by atoms with van der Waals surface area (Å²) < 4.78 is 0. The first-order chi connectivity index (χ1) is 30.2. The second-order valence-corrected chi connectivity index (χ2v) is 23.4. The molecule has 4 aliphatic rings. The van der Waals surface area contributed by atoms with E-state index >= 15 is 0 Å². The SMILES string of the molecule is Cc1ccc(-c2ccccc2)cc1N1c2cc(-c3ccccc3)ccc2B2c3cc4c(cc3N(c3ccc5c(c3)C(C)(C)CC5(C)C)c3cc(C(C)(C)C)cc1c32)C(C)(C)CC4(C)C. The Labute approximate surface area is 383 Å². The Bertz CT molecular complexity index is 3050. The Morgan fingerprint density at radius 2 is 0.922 bits per heavy atom. The average molecular weight is 835 g/mol. The molecule has 0 saturated carbocycles. The standard InChI is InChI=1S/C61H63BN2/c1-38-23-24-41(39-19-15-13-16-20-39)29-51(38)64-52-30-42(40-21-17-14-18-22-40)25-28-49(52)62-50-34-47-48(61(11,12)37-60(47,9)10)35-53(50)63(54-31-43(57(2,3)4)32-55(64)56(54)62)44-26-27-45-46(33-44)59(7,8)36-58(45,5)6/h13-35H,36-37H2,1-12H3. The number of hydrogen-bond donors (Lipinski definition) is 0. The Morgan fingerprint density at radius 1 is 0.422 bits per heavy atom. The molecule has 0 radical (unpaired) electrons. The zero-order valence-corrected chi connectivity index (χ0v) is 40.2. The van der Waals surface area contributed by atoms with Crippen LogP contribution in [0.2, 0.25) is 0 Å². The molecule has 2 nitrogen and oxygen atoms in total. The van der Waals surface area contributed by atoms with Crippen LogP contribution in [0.25, 0.3) is 22.3 Å². The average Bonchev–Trinajstić information content (AvgIpc) is 3.56. The van der Waals surface area contributed by atoms with Crippen LogP contribution in [-0.2, 0) is 27.1 Å². The second kappa shape index (κ2) is 13.6. The van der Waals surface area contributed by atoms with Gasteiger partial charge in [-0.05, 0) is 161 Å². The fourth-order valence-electron chi connectivity index (χ4n) is 13.0. The summed E-state index contributed by atoms with van der Waals surface area (Å²) >= 11 is 0. The molecule has 0 saturated heterocycles. The van der Waals surface area contributed by atoms with Gasteiger partial charge in [0.05, 0.1) is 0 Å². The van der Waals surface area contributed by atoms with E-state index in [9.17, 15) is 0 Å². The molecular weight excluding hydrogens is 771 g/mol. The van der Waals surface area contributed by atoms with E-state index in [1.54, 1.807) is 0 Å². The zero-order chi connectivity index (χ0) is 44.9. The molecule has 64 heavy (non-hydrogen) atoms. The van der Waals surface area contributed by atoms with E-state index in [-0.39, 0.29) is 33.8 Å². The highest BCUT2D eigenvalue weighted by molar-refractivity contribution is 7.00. The lowest BCUT2D eigenvalue weighted by Gasteiger charge is -2.46. The zero-order valence-electron chi connectivity index (χ0n) is 40.2. The third kappa shape index (κ3) is 6.13. The van der Waals surface area contributed by atoms with Crippen molar-refractivity contribution >= 4 is 57.2 Å². The lowest BCUT2D eigenvalue weighted by molar-refractivity contribution is 0.403. The number of fused-ring (bicyclic) bond motifs is 6. The highest BCUT2D eigenvalue weighted by Crippen LogP contribution is 2.55. The normalized spacial score (nSPS) is 18.0. The van der Waals surface area contributed by atoms with Gasteiger partial charge in [0.2, 0.25) is 0 Å². The predicted molar refractivity (Wildman–Crippen MR) is 276 cm³/mol. The molecule has 0 spiro atoms. The van der Waals surface area contributed by atoms with Gasteiger partial charge >= 0.3 is 0 Å². The van der Waals surface area contributed by atoms with Crippen molar-refractivity contribution in [3.05, 3.63) is 173 Å². The molecule has 0 bridgehead atoms. The molecular formula is C61H63BN2. The lowest BCUT2D eigenvalue weighted by atomic mass is 9.33. The van der Waals surface area contributed by atoms with Crippen molar-refractivity contribution in [2.75, 3.05) is 9.80 Å². The molecule has 2 heterocycles. The maximum atomic E-state index is 2.69. The molecule has 7 aromatic carbocycles. The molecule has 0 atom stereocenters. The Morgan fingerprint density at radius 3 is 1.52 bits per heavy atom. The fraction of sp³-hybridized carbons (Fsp3) is 0.311. The molecule has 0 aromatic heterocycles. The topological polar surface area (TPSA) is 6.48 Å². The van der Waals surface area contributed by atoms with Gasteiger partial charge in [0.15, 0.2) is 0 Å². The number of nitrogens with zero attached hydrogens (tertiary/aromatic N) is 2. The minimum atomic E-state index is -0.111. The monoisotopic (exact) mass is 835 g/mol. The third-order valence-corrected chi connectivity index (χ3v) is 15.7. The number of anilines is 6. The highest BCUT2D eigenvalue weighted by atomic mass is 15.2. The largest absolute Gasteiger partial charge is 0.311 e. The van der Waals surface area contributed by atoms with Crippen LogP contribution >= 0.6 is 0 Å². The van der Waals surface area contributed by atoms with Crippen LogP contribution < -0.4 is 26.2 Å². The minimum Gasteiger partial charge on any atom is -0.311 e. The summed E-state index contributed by atoms with van der Waals surface area (Å²) in [4.78, 5) is 5.34. The maximum absolute atomic E-state index is 2.69. The van der Waals surface area contributed by atoms with Gasteiger partial charge in [-0.15, -0.1) is 0 Å². The van der Waals surface area contributed by atoms with Crippen molar-refractivity contribution < 1.29 is 0 Å². The molecule has 7 aromatic rings. The van der Waals surface area contributed by atoms with Crippen molar-refractivity contribution in [3.63, 3.8) is 0 Å². The summed E-state index contributed by atoms with van der Waals surface area (Å²) in [6.45, 7) is 29.1. The summed E-state index contributed by atoms with van der Waals surface area (Å²) in [5.74, 6) is 0. The number of benzene rings is 7. The molecule has 2 aliphatic carbocycles. The predicted octanol–water partition coefficient (Wildman–Crippen LogP) is 14.6. The van der Waals surface area contributed by atoms with Crippen LogP contribution in [0.4, 0.5) is 34.1 Å². The minimum absolute atomic E-state index is 0.0357. The third-order valence-electron chi connectivity index (χ3n) is 15.7. The van der Waals surface area contributed by atoms with E-state index in [4.69, 9.17) is 0 Å². The van der Waals surface area contributed by atoms with E-state index in [0.29, 0.717) is 0 Å². The first-order valence-electron chi connectivity index (χ1n) is 23.7. The summed E-state index contributed by atoms with van der Waals surface area (Å²) in [7, 11) is 0. The van der Waals surface area contributed by atoms with Gasteiger partial charge in [0, 0.05) is 34.1 Å². The van der Waals surface area contributed by atoms with Gasteiger partial charge in [-0.25, -0.2) is 0 Å². The van der Waals surface area contributed by atoms with E-state index in [2.05, 4.69) is 232 Å². The summed E-state index contributed by atoms with van der Waals surface area (Å²) in [5.41, 5.74) is 25.4. The second-order valence-electron chi connectivity index (χ2n) is 23.4. The smallest absolute Gasteiger partial charge is 0.252 e. The molecule has 11 rings (SSSR count). The van der Waals surface area contributed by atoms with E-state index in [0.717, 1.165) is 12.8 Å². The molecule has 3 heteroatoms. The van der Waals surface area contributed by atoms with Gasteiger partial charge in [0.1, 0.15) is 0 Å². The molecule has 0 fully saturated rings.